The first kappa shape index (κ1) is 13.1. The van der Waals surface area contributed by atoms with Gasteiger partial charge in [-0.1, -0.05) is 18.2 Å². The van der Waals surface area contributed by atoms with Gasteiger partial charge in [0, 0.05) is 24.8 Å². The lowest BCUT2D eigenvalue weighted by Crippen LogP contribution is -2.54. The number of fused-ring (bicyclic) bond motifs is 1. The molecule has 18 heavy (non-hydrogen) atoms. The van der Waals surface area contributed by atoms with Crippen molar-refractivity contribution >= 4 is 12.0 Å². The number of rotatable bonds is 4. The third-order valence-electron chi connectivity index (χ3n) is 3.48. The van der Waals surface area contributed by atoms with Crippen LogP contribution in [-0.4, -0.2) is 50.5 Å². The molecule has 98 valence electrons. The van der Waals surface area contributed by atoms with E-state index in [2.05, 4.69) is 21.9 Å². The normalized spacial score (nSPS) is 23.0. The molecular weight excluding hydrogens is 226 g/mol. The molecule has 0 fully saturated rings. The summed E-state index contributed by atoms with van der Waals surface area (Å²) in [5.41, 5.74) is 8.50. The number of benzene rings is 1. The van der Waals surface area contributed by atoms with E-state index in [0.29, 0.717) is 0 Å². The van der Waals surface area contributed by atoms with E-state index in [0.717, 1.165) is 31.5 Å². The Kier molecular flexibility index (Phi) is 3.99. The van der Waals surface area contributed by atoms with Gasteiger partial charge in [-0.2, -0.15) is 0 Å². The predicted octanol–water partition coefficient (Wildman–Crippen LogP) is 0.506. The van der Waals surface area contributed by atoms with Crippen molar-refractivity contribution in [1.82, 2.24) is 4.90 Å². The number of carbonyl (C=O) groups excluding carboxylic acids is 1. The lowest BCUT2D eigenvalue weighted by molar-refractivity contribution is -0.109. The quantitative estimate of drug-likeness (QED) is 0.787. The maximum Gasteiger partial charge on any atom is 0.144 e. The van der Waals surface area contributed by atoms with Crippen LogP contribution in [0.4, 0.5) is 5.69 Å². The molecule has 0 aromatic heterocycles. The molecule has 0 spiro atoms. The molecule has 1 heterocycles. The van der Waals surface area contributed by atoms with Crippen molar-refractivity contribution in [2.45, 2.75) is 18.5 Å². The highest BCUT2D eigenvalue weighted by molar-refractivity contribution is 5.71. The zero-order valence-electron chi connectivity index (χ0n) is 11.0. The Morgan fingerprint density at radius 1 is 1.44 bits per heavy atom. The van der Waals surface area contributed by atoms with E-state index in [4.69, 9.17) is 5.73 Å². The van der Waals surface area contributed by atoms with Gasteiger partial charge in [-0.15, -0.1) is 0 Å². The van der Waals surface area contributed by atoms with Crippen LogP contribution in [0.2, 0.25) is 0 Å². The van der Waals surface area contributed by atoms with Crippen LogP contribution in [0.5, 0.6) is 0 Å². The molecule has 2 atom stereocenters. The molecule has 2 N–H and O–H groups in total. The van der Waals surface area contributed by atoms with Gasteiger partial charge < -0.3 is 20.3 Å². The Morgan fingerprint density at radius 2 is 2.17 bits per heavy atom. The highest BCUT2D eigenvalue weighted by Crippen LogP contribution is 2.29. The van der Waals surface area contributed by atoms with Gasteiger partial charge in [-0.3, -0.25) is 0 Å². The second-order valence-electron chi connectivity index (χ2n) is 5.12. The minimum Gasteiger partial charge on any atom is -0.359 e. The molecule has 1 aromatic carbocycles. The highest BCUT2D eigenvalue weighted by Gasteiger charge is 2.31. The van der Waals surface area contributed by atoms with E-state index in [9.17, 15) is 4.79 Å². The second kappa shape index (κ2) is 5.50. The summed E-state index contributed by atoms with van der Waals surface area (Å²) in [5, 5.41) is 0. The molecule has 0 bridgehead atoms. The number of carbonyl (C=O) groups is 1. The zero-order valence-corrected chi connectivity index (χ0v) is 11.0. The van der Waals surface area contributed by atoms with Gasteiger partial charge in [0.05, 0.1) is 0 Å². The first-order valence-corrected chi connectivity index (χ1v) is 6.33. The van der Waals surface area contributed by atoms with Crippen molar-refractivity contribution in [3.8, 4) is 0 Å². The summed E-state index contributed by atoms with van der Waals surface area (Å²) < 4.78 is 0. The number of nitrogens with zero attached hydrogens (tertiary/aromatic N) is 2. The van der Waals surface area contributed by atoms with Crippen LogP contribution in [0.3, 0.4) is 0 Å². The molecule has 0 amide bonds. The van der Waals surface area contributed by atoms with E-state index in [1.807, 2.05) is 26.2 Å². The van der Waals surface area contributed by atoms with Crippen LogP contribution in [-0.2, 0) is 11.2 Å². The van der Waals surface area contributed by atoms with Gasteiger partial charge in [-0.05, 0) is 32.1 Å². The smallest absolute Gasteiger partial charge is 0.144 e. The summed E-state index contributed by atoms with van der Waals surface area (Å²) in [6.07, 6.45) is 1.76. The Bertz CT molecular complexity index is 419. The van der Waals surface area contributed by atoms with E-state index in [1.165, 1.54) is 5.56 Å². The number of aldehydes is 1. The molecule has 0 saturated heterocycles. The Morgan fingerprint density at radius 3 is 2.83 bits per heavy atom. The van der Waals surface area contributed by atoms with E-state index in [1.54, 1.807) is 0 Å². The van der Waals surface area contributed by atoms with E-state index in [-0.39, 0.29) is 12.1 Å². The molecule has 4 nitrogen and oxygen atoms in total. The van der Waals surface area contributed by atoms with Crippen molar-refractivity contribution in [2.24, 2.45) is 5.73 Å². The van der Waals surface area contributed by atoms with Crippen molar-refractivity contribution < 1.29 is 4.79 Å². The first-order chi connectivity index (χ1) is 8.63. The molecule has 1 aromatic rings. The number of likely N-dealkylation sites (N-methyl/N-ethyl adjacent to an activating group) is 1. The van der Waals surface area contributed by atoms with Gasteiger partial charge >= 0.3 is 0 Å². The van der Waals surface area contributed by atoms with Gasteiger partial charge in [0.2, 0.25) is 0 Å². The molecule has 0 saturated carbocycles. The van der Waals surface area contributed by atoms with Crippen LogP contribution in [0, 0.1) is 0 Å². The average Bonchev–Trinajstić information content (AvgIpc) is 2.35. The average molecular weight is 247 g/mol. The van der Waals surface area contributed by atoms with E-state index >= 15 is 0 Å². The standard InChI is InChI=1S/C14H21N3O/c1-16(2)7-8-17-13-6-4-3-5-11(13)9-12(15)14(17)10-18/h3-6,10,12,14H,7-9,15H2,1-2H3. The lowest BCUT2D eigenvalue weighted by atomic mass is 9.92. The fourth-order valence-electron chi connectivity index (χ4n) is 2.48. The Labute approximate surface area is 108 Å². The zero-order chi connectivity index (χ0) is 13.1. The van der Waals surface area contributed by atoms with Crippen molar-refractivity contribution in [3.05, 3.63) is 29.8 Å². The summed E-state index contributed by atoms with van der Waals surface area (Å²) in [7, 11) is 4.07. The number of anilines is 1. The Hall–Kier alpha value is -1.39. The number of hydrogen-bond donors (Lipinski definition) is 1. The minimum atomic E-state index is -0.208. The van der Waals surface area contributed by atoms with Gasteiger partial charge in [0.25, 0.3) is 0 Å². The summed E-state index contributed by atoms with van der Waals surface area (Å²) >= 11 is 0. The molecule has 0 aliphatic carbocycles. The SMILES string of the molecule is CN(C)CCN1c2ccccc2CC(N)C1C=O. The summed E-state index contributed by atoms with van der Waals surface area (Å²) in [6, 6.07) is 7.89. The van der Waals surface area contributed by atoms with Gasteiger partial charge in [0.1, 0.15) is 12.3 Å². The van der Waals surface area contributed by atoms with E-state index < -0.39 is 0 Å². The molecule has 0 radical (unpaired) electrons. The topological polar surface area (TPSA) is 49.6 Å². The fraction of sp³-hybridized carbons (Fsp3) is 0.500. The third kappa shape index (κ3) is 2.54. The van der Waals surface area contributed by atoms with Crippen LogP contribution in [0.1, 0.15) is 5.56 Å². The highest BCUT2D eigenvalue weighted by atomic mass is 16.1. The molecule has 2 rings (SSSR count). The molecule has 4 heteroatoms. The van der Waals surface area contributed by atoms with Gasteiger partial charge in [-0.25, -0.2) is 0 Å². The van der Waals surface area contributed by atoms with Gasteiger partial charge in [0.15, 0.2) is 0 Å². The minimum absolute atomic E-state index is 0.112. The van der Waals surface area contributed by atoms with Crippen molar-refractivity contribution in [2.75, 3.05) is 32.1 Å². The number of nitrogens with two attached hydrogens (primary N) is 1. The predicted molar refractivity (Wildman–Crippen MR) is 73.9 cm³/mol. The Balaban J connectivity index is 2.28. The largest absolute Gasteiger partial charge is 0.359 e. The fourth-order valence-corrected chi connectivity index (χ4v) is 2.48. The lowest BCUT2D eigenvalue weighted by Gasteiger charge is -2.40. The number of para-hydroxylation sites is 1. The van der Waals surface area contributed by atoms with Crippen LogP contribution in [0.15, 0.2) is 24.3 Å². The maximum atomic E-state index is 11.3. The molecule has 1 aliphatic rings. The van der Waals surface area contributed by atoms with Crippen molar-refractivity contribution in [1.29, 1.82) is 0 Å². The summed E-state index contributed by atoms with van der Waals surface area (Å²) in [4.78, 5) is 15.6. The van der Waals surface area contributed by atoms with Crippen molar-refractivity contribution in [3.63, 3.8) is 0 Å². The second-order valence-corrected chi connectivity index (χ2v) is 5.12. The van der Waals surface area contributed by atoms with Crippen LogP contribution >= 0.6 is 0 Å². The first-order valence-electron chi connectivity index (χ1n) is 6.33. The maximum absolute atomic E-state index is 11.3. The van der Waals surface area contributed by atoms with Crippen LogP contribution < -0.4 is 10.6 Å². The third-order valence-corrected chi connectivity index (χ3v) is 3.48. The number of hydrogen-bond acceptors (Lipinski definition) is 4. The summed E-state index contributed by atoms with van der Waals surface area (Å²) in [5.74, 6) is 0. The molecular formula is C14H21N3O. The molecule has 2 unspecified atom stereocenters. The monoisotopic (exact) mass is 247 g/mol. The summed E-state index contributed by atoms with van der Waals surface area (Å²) in [6.45, 7) is 1.73. The molecule has 1 aliphatic heterocycles. The van der Waals surface area contributed by atoms with Crippen LogP contribution in [0.25, 0.3) is 0 Å².